The second-order valence-electron chi connectivity index (χ2n) is 10.0. The number of amides is 3. The first-order valence-electron chi connectivity index (χ1n) is 11.9. The summed E-state index contributed by atoms with van der Waals surface area (Å²) < 4.78 is 6.37. The highest BCUT2D eigenvalue weighted by atomic mass is 16.5. The molecule has 0 aromatic heterocycles. The number of nitrogens with one attached hydrogen (secondary N) is 2. The van der Waals surface area contributed by atoms with Gasteiger partial charge in [-0.15, -0.1) is 0 Å². The molecule has 3 amide bonds. The Hall–Kier alpha value is -2.67. The van der Waals surface area contributed by atoms with E-state index in [1.54, 1.807) is 4.90 Å². The van der Waals surface area contributed by atoms with E-state index in [-0.39, 0.29) is 29.8 Å². The van der Waals surface area contributed by atoms with Gasteiger partial charge in [-0.2, -0.15) is 0 Å². The van der Waals surface area contributed by atoms with Crippen molar-refractivity contribution in [2.24, 2.45) is 11.8 Å². The maximum atomic E-state index is 13.9. The molecule has 6 rings (SSSR count). The minimum absolute atomic E-state index is 0.129. The molecule has 5 aliphatic rings. The van der Waals surface area contributed by atoms with Crippen LogP contribution in [0.15, 0.2) is 36.4 Å². The molecule has 1 spiro atoms. The zero-order valence-electron chi connectivity index (χ0n) is 18.3. The van der Waals surface area contributed by atoms with E-state index in [9.17, 15) is 14.4 Å². The molecule has 2 N–H and O–H groups in total. The van der Waals surface area contributed by atoms with Gasteiger partial charge in [-0.05, 0) is 50.3 Å². The first-order valence-corrected chi connectivity index (χ1v) is 11.9. The number of carbonyl (C=O) groups is 3. The standard InChI is InChI=1S/C25H29N3O4/c1-14-5-4-8-17(13-14)28-21(23(30)27-15-6-2-3-7-15)25-12-11-18(32-25)19(20(25)24(28)31)22(29)26-16-9-10-16/h4-5,8,11-13,15-16,18-21H,2-3,6-7,9-10H2,1H3,(H,26,29)(H,27,30)/t18-,19+,20-,21+,25-/m1/s1. The SMILES string of the molecule is Cc1cccc(N2C(=O)[C@H]3[C@@H](C(=O)NC4CC4)[C@H]4C=C[C@]3(O4)[C@@H]2C(=O)NC2CCCC2)c1. The zero-order valence-corrected chi connectivity index (χ0v) is 18.3. The minimum atomic E-state index is -1.11. The van der Waals surface area contributed by atoms with E-state index < -0.39 is 29.6 Å². The number of hydrogen-bond acceptors (Lipinski definition) is 4. The Bertz CT molecular complexity index is 1010. The average Bonchev–Trinajstić information content (AvgIpc) is 3.12. The van der Waals surface area contributed by atoms with E-state index in [1.165, 1.54) is 0 Å². The Kier molecular flexibility index (Phi) is 4.47. The first-order chi connectivity index (χ1) is 15.5. The van der Waals surface area contributed by atoms with Crippen molar-refractivity contribution >= 4 is 23.4 Å². The summed E-state index contributed by atoms with van der Waals surface area (Å²) in [6.07, 6.45) is 9.35. The molecule has 2 saturated carbocycles. The van der Waals surface area contributed by atoms with Gasteiger partial charge in [-0.1, -0.05) is 37.1 Å². The van der Waals surface area contributed by atoms with Crippen molar-refractivity contribution in [1.29, 1.82) is 0 Å². The van der Waals surface area contributed by atoms with Gasteiger partial charge in [0, 0.05) is 17.8 Å². The lowest BCUT2D eigenvalue weighted by Gasteiger charge is -2.33. The molecule has 32 heavy (non-hydrogen) atoms. The zero-order chi connectivity index (χ0) is 22.0. The van der Waals surface area contributed by atoms with Crippen LogP contribution in [0.25, 0.3) is 0 Å². The van der Waals surface area contributed by atoms with Crippen LogP contribution >= 0.6 is 0 Å². The van der Waals surface area contributed by atoms with Gasteiger partial charge in [-0.25, -0.2) is 0 Å². The van der Waals surface area contributed by atoms with Gasteiger partial charge in [-0.3, -0.25) is 19.3 Å². The summed E-state index contributed by atoms with van der Waals surface area (Å²) in [5.41, 5.74) is 0.565. The Morgan fingerprint density at radius 1 is 1.06 bits per heavy atom. The fraction of sp³-hybridized carbons (Fsp3) is 0.560. The van der Waals surface area contributed by atoms with Crippen LogP contribution in [-0.2, 0) is 19.1 Å². The van der Waals surface area contributed by atoms with Gasteiger partial charge < -0.3 is 15.4 Å². The smallest absolute Gasteiger partial charge is 0.246 e. The van der Waals surface area contributed by atoms with Crippen LogP contribution in [0.3, 0.4) is 0 Å². The molecule has 7 heteroatoms. The lowest BCUT2D eigenvalue weighted by atomic mass is 9.74. The molecule has 5 atom stereocenters. The van der Waals surface area contributed by atoms with E-state index in [4.69, 9.17) is 4.74 Å². The molecule has 1 aromatic carbocycles. The molecule has 2 aliphatic carbocycles. The Balaban J connectivity index is 1.40. The van der Waals surface area contributed by atoms with E-state index in [0.29, 0.717) is 5.69 Å². The van der Waals surface area contributed by atoms with Crippen molar-refractivity contribution in [3.05, 3.63) is 42.0 Å². The van der Waals surface area contributed by atoms with E-state index >= 15 is 0 Å². The summed E-state index contributed by atoms with van der Waals surface area (Å²) in [6, 6.07) is 7.12. The number of aryl methyl sites for hydroxylation is 1. The number of benzene rings is 1. The highest BCUT2D eigenvalue weighted by Crippen LogP contribution is 2.56. The Morgan fingerprint density at radius 3 is 2.50 bits per heavy atom. The van der Waals surface area contributed by atoms with Gasteiger partial charge in [0.25, 0.3) is 0 Å². The number of anilines is 1. The highest BCUT2D eigenvalue weighted by Gasteiger charge is 2.73. The molecular weight excluding hydrogens is 406 g/mol. The fourth-order valence-corrected chi connectivity index (χ4v) is 6.10. The topological polar surface area (TPSA) is 87.7 Å². The predicted molar refractivity (Wildman–Crippen MR) is 118 cm³/mol. The molecule has 1 aromatic rings. The number of rotatable bonds is 5. The normalized spacial score (nSPS) is 35.4. The van der Waals surface area contributed by atoms with Gasteiger partial charge in [0.2, 0.25) is 17.7 Å². The summed E-state index contributed by atoms with van der Waals surface area (Å²) >= 11 is 0. The lowest BCUT2D eigenvalue weighted by Crippen LogP contribution is -2.56. The Morgan fingerprint density at radius 2 is 1.78 bits per heavy atom. The summed E-state index contributed by atoms with van der Waals surface area (Å²) in [7, 11) is 0. The Labute approximate surface area is 187 Å². The third-order valence-electron chi connectivity index (χ3n) is 7.73. The number of carbonyl (C=O) groups excluding carboxylic acids is 3. The van der Waals surface area contributed by atoms with Crippen molar-refractivity contribution in [2.75, 3.05) is 4.90 Å². The molecule has 2 bridgehead atoms. The fourth-order valence-electron chi connectivity index (χ4n) is 6.10. The van der Waals surface area contributed by atoms with E-state index in [2.05, 4.69) is 10.6 Å². The predicted octanol–water partition coefficient (Wildman–Crippen LogP) is 1.99. The van der Waals surface area contributed by atoms with Crippen molar-refractivity contribution in [3.8, 4) is 0 Å². The van der Waals surface area contributed by atoms with Crippen molar-refractivity contribution in [1.82, 2.24) is 10.6 Å². The second kappa shape index (κ2) is 7.17. The third-order valence-corrected chi connectivity index (χ3v) is 7.73. The van der Waals surface area contributed by atoms with Crippen LogP contribution in [0, 0.1) is 18.8 Å². The lowest BCUT2D eigenvalue weighted by molar-refractivity contribution is -0.132. The van der Waals surface area contributed by atoms with E-state index in [0.717, 1.165) is 44.1 Å². The number of ether oxygens (including phenoxy) is 1. The van der Waals surface area contributed by atoms with Crippen molar-refractivity contribution < 1.29 is 19.1 Å². The molecule has 2 saturated heterocycles. The van der Waals surface area contributed by atoms with Gasteiger partial charge >= 0.3 is 0 Å². The first kappa shape index (κ1) is 20.0. The monoisotopic (exact) mass is 435 g/mol. The van der Waals surface area contributed by atoms with Crippen molar-refractivity contribution in [3.63, 3.8) is 0 Å². The quantitative estimate of drug-likeness (QED) is 0.693. The molecule has 168 valence electrons. The maximum absolute atomic E-state index is 13.9. The summed E-state index contributed by atoms with van der Waals surface area (Å²) in [4.78, 5) is 42.3. The number of nitrogens with zero attached hydrogens (tertiary/aromatic N) is 1. The number of hydrogen-bond donors (Lipinski definition) is 2. The van der Waals surface area contributed by atoms with E-state index in [1.807, 2.05) is 43.3 Å². The minimum Gasteiger partial charge on any atom is -0.359 e. The maximum Gasteiger partial charge on any atom is 0.246 e. The van der Waals surface area contributed by atoms with Crippen molar-refractivity contribution in [2.45, 2.75) is 75.3 Å². The van der Waals surface area contributed by atoms with Crippen LogP contribution in [0.1, 0.15) is 44.1 Å². The second-order valence-corrected chi connectivity index (χ2v) is 10.0. The summed E-state index contributed by atoms with van der Waals surface area (Å²) in [5.74, 6) is -1.84. The largest absolute Gasteiger partial charge is 0.359 e. The molecule has 4 fully saturated rings. The van der Waals surface area contributed by atoms with Gasteiger partial charge in [0.15, 0.2) is 0 Å². The van der Waals surface area contributed by atoms with Gasteiger partial charge in [0.05, 0.1) is 17.9 Å². The molecule has 0 radical (unpaired) electrons. The molecular formula is C25H29N3O4. The molecule has 7 nitrogen and oxygen atoms in total. The molecule has 3 aliphatic heterocycles. The van der Waals surface area contributed by atoms with Crippen LogP contribution in [0.5, 0.6) is 0 Å². The molecule has 0 unspecified atom stereocenters. The van der Waals surface area contributed by atoms with Crippen LogP contribution in [-0.4, -0.2) is 47.6 Å². The van der Waals surface area contributed by atoms with Crippen LogP contribution < -0.4 is 15.5 Å². The van der Waals surface area contributed by atoms with Gasteiger partial charge in [0.1, 0.15) is 11.6 Å². The van der Waals surface area contributed by atoms with Crippen LogP contribution in [0.4, 0.5) is 5.69 Å². The number of fused-ring (bicyclic) bond motifs is 1. The van der Waals surface area contributed by atoms with Crippen LogP contribution in [0.2, 0.25) is 0 Å². The molecule has 3 heterocycles. The average molecular weight is 436 g/mol. The summed E-state index contributed by atoms with van der Waals surface area (Å²) in [6.45, 7) is 1.96. The summed E-state index contributed by atoms with van der Waals surface area (Å²) in [5, 5.41) is 6.24. The third kappa shape index (κ3) is 2.94. The highest BCUT2D eigenvalue weighted by molar-refractivity contribution is 6.10.